The second kappa shape index (κ2) is 8.58. The molecule has 0 fully saturated rings. The lowest BCUT2D eigenvalue weighted by atomic mass is 10.1. The number of hydrogen-bond donors (Lipinski definition) is 2. The minimum Gasteiger partial charge on any atom is -0.508 e. The summed E-state index contributed by atoms with van der Waals surface area (Å²) in [5, 5.41) is 11.9. The van der Waals surface area contributed by atoms with Crippen LogP contribution < -0.4 is 5.32 Å². The van der Waals surface area contributed by atoms with Crippen molar-refractivity contribution in [3.8, 4) is 5.75 Å². The number of carbonyl (C=O) groups excluding carboxylic acids is 2. The third-order valence-corrected chi connectivity index (χ3v) is 3.22. The van der Waals surface area contributed by atoms with Gasteiger partial charge in [-0.1, -0.05) is 42.5 Å². The van der Waals surface area contributed by atoms with Gasteiger partial charge in [0.1, 0.15) is 18.8 Å². The van der Waals surface area contributed by atoms with Gasteiger partial charge < -0.3 is 15.2 Å². The van der Waals surface area contributed by atoms with Crippen molar-refractivity contribution in [3.05, 3.63) is 65.7 Å². The first-order chi connectivity index (χ1) is 11.1. The second-order valence-corrected chi connectivity index (χ2v) is 5.09. The van der Waals surface area contributed by atoms with E-state index in [1.165, 1.54) is 0 Å². The van der Waals surface area contributed by atoms with E-state index in [2.05, 4.69) is 5.32 Å². The lowest BCUT2D eigenvalue weighted by Crippen LogP contribution is -2.28. The number of phenols is 1. The molecule has 2 N–H and O–H groups in total. The van der Waals surface area contributed by atoms with Gasteiger partial charge in [-0.2, -0.15) is 0 Å². The number of amides is 1. The summed E-state index contributed by atoms with van der Waals surface area (Å²) in [6.07, 6.45) is 0.341. The summed E-state index contributed by atoms with van der Waals surface area (Å²) in [5.74, 6) is -0.697. The van der Waals surface area contributed by atoms with E-state index in [0.29, 0.717) is 13.0 Å². The van der Waals surface area contributed by atoms with Gasteiger partial charge >= 0.3 is 5.97 Å². The lowest BCUT2D eigenvalue weighted by Gasteiger charge is -2.07. The molecule has 5 heteroatoms. The van der Waals surface area contributed by atoms with Crippen LogP contribution in [0.3, 0.4) is 0 Å². The van der Waals surface area contributed by atoms with E-state index in [1.807, 2.05) is 30.3 Å². The summed E-state index contributed by atoms with van der Waals surface area (Å²) >= 11 is 0. The van der Waals surface area contributed by atoms with Crippen molar-refractivity contribution in [2.75, 3.05) is 6.54 Å². The standard InChI is InChI=1S/C18H19NO4/c20-16-8-6-14(7-9-16)10-11-19-17(21)12-18(22)23-13-15-4-2-1-3-5-15/h1-9,20H,10-13H2,(H,19,21). The van der Waals surface area contributed by atoms with Crippen LogP contribution in [-0.2, 0) is 27.4 Å². The average Bonchev–Trinajstić information content (AvgIpc) is 2.56. The van der Waals surface area contributed by atoms with Crippen LogP contribution in [0.4, 0.5) is 0 Å². The highest BCUT2D eigenvalue weighted by atomic mass is 16.5. The molecule has 5 nitrogen and oxygen atoms in total. The molecule has 2 rings (SSSR count). The molecule has 0 saturated heterocycles. The molecule has 0 aliphatic rings. The number of hydrogen-bond acceptors (Lipinski definition) is 4. The van der Waals surface area contributed by atoms with Crippen LogP contribution in [0.5, 0.6) is 5.75 Å². The van der Waals surface area contributed by atoms with Crippen molar-refractivity contribution >= 4 is 11.9 Å². The molecule has 0 aliphatic carbocycles. The predicted octanol–water partition coefficient (Wildman–Crippen LogP) is 2.18. The Balaban J connectivity index is 1.64. The van der Waals surface area contributed by atoms with Gasteiger partial charge in [-0.25, -0.2) is 0 Å². The number of phenolic OH excluding ortho intramolecular Hbond substituents is 1. The Morgan fingerprint density at radius 3 is 2.35 bits per heavy atom. The molecular weight excluding hydrogens is 294 g/mol. The Hall–Kier alpha value is -2.82. The van der Waals surface area contributed by atoms with Crippen LogP contribution in [0.25, 0.3) is 0 Å². The summed E-state index contributed by atoms with van der Waals surface area (Å²) in [7, 11) is 0. The van der Waals surface area contributed by atoms with E-state index in [4.69, 9.17) is 4.74 Å². The Bertz CT molecular complexity index is 638. The van der Waals surface area contributed by atoms with Crippen LogP contribution in [0.1, 0.15) is 17.5 Å². The molecule has 0 atom stereocenters. The molecule has 0 aromatic heterocycles. The molecule has 0 bridgehead atoms. The number of ether oxygens (including phenoxy) is 1. The van der Waals surface area contributed by atoms with Gasteiger partial charge in [0.2, 0.25) is 5.91 Å². The lowest BCUT2D eigenvalue weighted by molar-refractivity contribution is -0.147. The Morgan fingerprint density at radius 2 is 1.65 bits per heavy atom. The van der Waals surface area contributed by atoms with Crippen molar-refractivity contribution in [2.24, 2.45) is 0 Å². The molecule has 0 spiro atoms. The zero-order chi connectivity index (χ0) is 16.5. The summed E-state index contributed by atoms with van der Waals surface area (Å²) in [6, 6.07) is 16.1. The maximum atomic E-state index is 11.7. The maximum Gasteiger partial charge on any atom is 0.315 e. The zero-order valence-corrected chi connectivity index (χ0v) is 12.7. The van der Waals surface area contributed by atoms with Gasteiger partial charge in [0.05, 0.1) is 0 Å². The van der Waals surface area contributed by atoms with E-state index in [-0.39, 0.29) is 24.7 Å². The maximum absolute atomic E-state index is 11.7. The third kappa shape index (κ3) is 6.22. The highest BCUT2D eigenvalue weighted by molar-refractivity contribution is 5.94. The predicted molar refractivity (Wildman–Crippen MR) is 85.7 cm³/mol. The Labute approximate surface area is 134 Å². The van der Waals surface area contributed by atoms with E-state index in [0.717, 1.165) is 11.1 Å². The highest BCUT2D eigenvalue weighted by Gasteiger charge is 2.10. The van der Waals surface area contributed by atoms with Gasteiger partial charge in [0, 0.05) is 6.54 Å². The summed E-state index contributed by atoms with van der Waals surface area (Å²) in [4.78, 5) is 23.2. The van der Waals surface area contributed by atoms with Crippen molar-refractivity contribution in [2.45, 2.75) is 19.4 Å². The van der Waals surface area contributed by atoms with E-state index in [9.17, 15) is 14.7 Å². The van der Waals surface area contributed by atoms with Gasteiger partial charge in [0.25, 0.3) is 0 Å². The normalized spacial score (nSPS) is 10.1. The van der Waals surface area contributed by atoms with Gasteiger partial charge in [0.15, 0.2) is 0 Å². The molecule has 0 unspecified atom stereocenters. The number of carbonyl (C=O) groups is 2. The fraction of sp³-hybridized carbons (Fsp3) is 0.222. The average molecular weight is 313 g/mol. The van der Waals surface area contributed by atoms with Gasteiger partial charge in [-0.05, 0) is 29.7 Å². The molecule has 120 valence electrons. The van der Waals surface area contributed by atoms with E-state index >= 15 is 0 Å². The number of aromatic hydroxyl groups is 1. The summed E-state index contributed by atoms with van der Waals surface area (Å²) in [6.45, 7) is 0.593. The first-order valence-electron chi connectivity index (χ1n) is 7.37. The first-order valence-corrected chi connectivity index (χ1v) is 7.37. The van der Waals surface area contributed by atoms with Crippen molar-refractivity contribution in [3.63, 3.8) is 0 Å². The highest BCUT2D eigenvalue weighted by Crippen LogP contribution is 2.09. The summed E-state index contributed by atoms with van der Waals surface area (Å²) in [5.41, 5.74) is 1.88. The fourth-order valence-electron chi connectivity index (χ4n) is 1.99. The smallest absolute Gasteiger partial charge is 0.315 e. The van der Waals surface area contributed by atoms with Gasteiger partial charge in [-0.3, -0.25) is 9.59 Å². The van der Waals surface area contributed by atoms with Crippen molar-refractivity contribution < 1.29 is 19.4 Å². The first kappa shape index (κ1) is 16.5. The number of benzene rings is 2. The van der Waals surface area contributed by atoms with E-state index in [1.54, 1.807) is 24.3 Å². The van der Waals surface area contributed by atoms with Crippen LogP contribution >= 0.6 is 0 Å². The van der Waals surface area contributed by atoms with Crippen LogP contribution in [0.15, 0.2) is 54.6 Å². The van der Waals surface area contributed by atoms with Crippen molar-refractivity contribution in [1.29, 1.82) is 0 Å². The molecule has 0 radical (unpaired) electrons. The number of nitrogens with one attached hydrogen (secondary N) is 1. The molecule has 1 amide bonds. The Morgan fingerprint density at radius 1 is 0.957 bits per heavy atom. The minimum absolute atomic E-state index is 0.167. The number of rotatable bonds is 7. The van der Waals surface area contributed by atoms with E-state index < -0.39 is 5.97 Å². The monoisotopic (exact) mass is 313 g/mol. The second-order valence-electron chi connectivity index (χ2n) is 5.09. The molecule has 0 heterocycles. The molecule has 2 aromatic carbocycles. The van der Waals surface area contributed by atoms with Crippen LogP contribution in [0, 0.1) is 0 Å². The minimum atomic E-state index is -0.545. The SMILES string of the molecule is O=C(CC(=O)OCc1ccccc1)NCCc1ccc(O)cc1. The molecule has 2 aromatic rings. The molecule has 23 heavy (non-hydrogen) atoms. The molecule has 0 aliphatic heterocycles. The molecular formula is C18H19NO4. The number of esters is 1. The van der Waals surface area contributed by atoms with Gasteiger partial charge in [-0.15, -0.1) is 0 Å². The van der Waals surface area contributed by atoms with Crippen molar-refractivity contribution in [1.82, 2.24) is 5.32 Å². The zero-order valence-electron chi connectivity index (χ0n) is 12.7. The topological polar surface area (TPSA) is 75.6 Å². The quantitative estimate of drug-likeness (QED) is 0.607. The Kier molecular flexibility index (Phi) is 6.17. The van der Waals surface area contributed by atoms with Crippen LogP contribution in [-0.4, -0.2) is 23.5 Å². The largest absolute Gasteiger partial charge is 0.508 e. The molecule has 0 saturated carbocycles. The van der Waals surface area contributed by atoms with Crippen LogP contribution in [0.2, 0.25) is 0 Å². The summed E-state index contributed by atoms with van der Waals surface area (Å²) < 4.78 is 5.05. The fourth-order valence-corrected chi connectivity index (χ4v) is 1.99. The third-order valence-electron chi connectivity index (χ3n) is 3.22.